The number of hydrogen-bond donors (Lipinski definition) is 1. The summed E-state index contributed by atoms with van der Waals surface area (Å²) in [6.45, 7) is 5.04. The zero-order chi connectivity index (χ0) is 13.0. The van der Waals surface area contributed by atoms with Crippen molar-refractivity contribution in [3.63, 3.8) is 0 Å². The standard InChI is InChI=1S/C14H19N3O/c1-3-8-17-10-12(9-16-17)14(18)13-11(4-2)6-5-7-15-13/h5-7,9-10,14,18H,3-4,8H2,1-2H3. The molecule has 2 rings (SSSR count). The SMILES string of the molecule is CCCn1cc(C(O)c2ncccc2CC)cn1. The van der Waals surface area contributed by atoms with Gasteiger partial charge in [0.1, 0.15) is 6.10 Å². The summed E-state index contributed by atoms with van der Waals surface area (Å²) >= 11 is 0. The second-order valence-electron chi connectivity index (χ2n) is 4.34. The Morgan fingerprint density at radius 2 is 2.22 bits per heavy atom. The summed E-state index contributed by atoms with van der Waals surface area (Å²) < 4.78 is 1.85. The van der Waals surface area contributed by atoms with Crippen LogP contribution >= 0.6 is 0 Å². The van der Waals surface area contributed by atoms with Crippen molar-refractivity contribution in [2.75, 3.05) is 0 Å². The second-order valence-corrected chi connectivity index (χ2v) is 4.34. The van der Waals surface area contributed by atoms with Crippen LogP contribution in [0.25, 0.3) is 0 Å². The second kappa shape index (κ2) is 5.78. The fraction of sp³-hybridized carbons (Fsp3) is 0.429. The first-order valence-electron chi connectivity index (χ1n) is 6.40. The number of aliphatic hydroxyl groups is 1. The lowest BCUT2D eigenvalue weighted by Gasteiger charge is -2.11. The highest BCUT2D eigenvalue weighted by molar-refractivity contribution is 5.28. The largest absolute Gasteiger partial charge is 0.382 e. The van der Waals surface area contributed by atoms with E-state index in [2.05, 4.69) is 23.9 Å². The van der Waals surface area contributed by atoms with Gasteiger partial charge in [0, 0.05) is 24.5 Å². The summed E-state index contributed by atoms with van der Waals surface area (Å²) in [6.07, 6.45) is 6.53. The zero-order valence-corrected chi connectivity index (χ0v) is 10.9. The van der Waals surface area contributed by atoms with Gasteiger partial charge in [-0.15, -0.1) is 0 Å². The third-order valence-corrected chi connectivity index (χ3v) is 2.99. The van der Waals surface area contributed by atoms with E-state index in [1.54, 1.807) is 12.4 Å². The van der Waals surface area contributed by atoms with Crippen LogP contribution in [-0.2, 0) is 13.0 Å². The maximum atomic E-state index is 10.4. The van der Waals surface area contributed by atoms with E-state index in [0.717, 1.165) is 36.2 Å². The molecular formula is C14H19N3O. The van der Waals surface area contributed by atoms with Gasteiger partial charge in [-0.1, -0.05) is 19.9 Å². The van der Waals surface area contributed by atoms with E-state index in [-0.39, 0.29) is 0 Å². The van der Waals surface area contributed by atoms with Gasteiger partial charge in [0.2, 0.25) is 0 Å². The van der Waals surface area contributed by atoms with E-state index in [1.807, 2.05) is 23.0 Å². The van der Waals surface area contributed by atoms with Crippen molar-refractivity contribution in [3.8, 4) is 0 Å². The monoisotopic (exact) mass is 245 g/mol. The van der Waals surface area contributed by atoms with Crippen molar-refractivity contribution in [1.29, 1.82) is 0 Å². The van der Waals surface area contributed by atoms with Gasteiger partial charge in [-0.2, -0.15) is 5.10 Å². The third-order valence-electron chi connectivity index (χ3n) is 2.99. The van der Waals surface area contributed by atoms with Crippen molar-refractivity contribution in [2.45, 2.75) is 39.3 Å². The minimum absolute atomic E-state index is 0.688. The lowest BCUT2D eigenvalue weighted by atomic mass is 10.0. The van der Waals surface area contributed by atoms with Gasteiger partial charge < -0.3 is 5.11 Å². The fourth-order valence-corrected chi connectivity index (χ4v) is 2.03. The average Bonchev–Trinajstić information content (AvgIpc) is 2.87. The molecule has 0 aliphatic rings. The van der Waals surface area contributed by atoms with Crippen LogP contribution in [0.1, 0.15) is 43.2 Å². The maximum absolute atomic E-state index is 10.4. The van der Waals surface area contributed by atoms with Crippen molar-refractivity contribution < 1.29 is 5.11 Å². The van der Waals surface area contributed by atoms with Crippen LogP contribution in [0.15, 0.2) is 30.7 Å². The third kappa shape index (κ3) is 2.59. The number of hydrogen-bond acceptors (Lipinski definition) is 3. The molecule has 0 bridgehead atoms. The molecule has 0 aromatic carbocycles. The van der Waals surface area contributed by atoms with Gasteiger partial charge in [-0.3, -0.25) is 9.67 Å². The smallest absolute Gasteiger partial charge is 0.124 e. The molecule has 0 aliphatic carbocycles. The highest BCUT2D eigenvalue weighted by Crippen LogP contribution is 2.22. The fourth-order valence-electron chi connectivity index (χ4n) is 2.03. The maximum Gasteiger partial charge on any atom is 0.124 e. The first kappa shape index (κ1) is 12.8. The topological polar surface area (TPSA) is 50.9 Å². The quantitative estimate of drug-likeness (QED) is 0.879. The predicted molar refractivity (Wildman–Crippen MR) is 70.2 cm³/mol. The predicted octanol–water partition coefficient (Wildman–Crippen LogP) is 2.33. The molecule has 0 saturated heterocycles. The van der Waals surface area contributed by atoms with E-state index in [9.17, 15) is 5.11 Å². The molecule has 1 N–H and O–H groups in total. The molecular weight excluding hydrogens is 226 g/mol. The molecule has 4 heteroatoms. The molecule has 0 saturated carbocycles. The van der Waals surface area contributed by atoms with Crippen LogP contribution in [0.2, 0.25) is 0 Å². The normalized spacial score (nSPS) is 12.6. The molecule has 2 aromatic heterocycles. The van der Waals surface area contributed by atoms with Gasteiger partial charge in [-0.05, 0) is 24.5 Å². The summed E-state index contributed by atoms with van der Waals surface area (Å²) in [5.74, 6) is 0. The number of aliphatic hydroxyl groups excluding tert-OH is 1. The minimum atomic E-state index is -0.688. The molecule has 0 spiro atoms. The number of rotatable bonds is 5. The Morgan fingerprint density at radius 1 is 1.39 bits per heavy atom. The Labute approximate surface area is 107 Å². The summed E-state index contributed by atoms with van der Waals surface area (Å²) in [5.41, 5.74) is 2.61. The molecule has 0 aliphatic heterocycles. The summed E-state index contributed by atoms with van der Waals surface area (Å²) in [5, 5.41) is 14.6. The van der Waals surface area contributed by atoms with Crippen molar-refractivity contribution in [1.82, 2.24) is 14.8 Å². The van der Waals surface area contributed by atoms with Gasteiger partial charge in [0.05, 0.1) is 11.9 Å². The zero-order valence-electron chi connectivity index (χ0n) is 10.9. The Morgan fingerprint density at radius 3 is 2.94 bits per heavy atom. The van der Waals surface area contributed by atoms with E-state index in [1.165, 1.54) is 0 Å². The van der Waals surface area contributed by atoms with Crippen LogP contribution in [-0.4, -0.2) is 19.9 Å². The van der Waals surface area contributed by atoms with E-state index in [4.69, 9.17) is 0 Å². The van der Waals surface area contributed by atoms with Crippen molar-refractivity contribution in [2.24, 2.45) is 0 Å². The average molecular weight is 245 g/mol. The molecule has 0 fully saturated rings. The summed E-state index contributed by atoms with van der Waals surface area (Å²) in [6, 6.07) is 3.90. The first-order chi connectivity index (χ1) is 8.76. The van der Waals surface area contributed by atoms with Crippen LogP contribution in [0.5, 0.6) is 0 Å². The Kier molecular flexibility index (Phi) is 4.10. The van der Waals surface area contributed by atoms with Crippen molar-refractivity contribution >= 4 is 0 Å². The Hall–Kier alpha value is -1.68. The summed E-state index contributed by atoms with van der Waals surface area (Å²) in [7, 11) is 0. The molecule has 18 heavy (non-hydrogen) atoms. The summed E-state index contributed by atoms with van der Waals surface area (Å²) in [4.78, 5) is 4.29. The van der Waals surface area contributed by atoms with E-state index >= 15 is 0 Å². The Bertz CT molecular complexity index is 507. The number of aryl methyl sites for hydroxylation is 2. The molecule has 96 valence electrons. The highest BCUT2D eigenvalue weighted by atomic mass is 16.3. The number of nitrogens with zero attached hydrogens (tertiary/aromatic N) is 3. The molecule has 2 aromatic rings. The number of pyridine rings is 1. The lowest BCUT2D eigenvalue weighted by Crippen LogP contribution is -2.05. The molecule has 0 radical (unpaired) electrons. The highest BCUT2D eigenvalue weighted by Gasteiger charge is 2.16. The van der Waals surface area contributed by atoms with Crippen LogP contribution in [0.3, 0.4) is 0 Å². The molecule has 1 atom stereocenters. The van der Waals surface area contributed by atoms with Gasteiger partial charge in [0.25, 0.3) is 0 Å². The lowest BCUT2D eigenvalue weighted by molar-refractivity contribution is 0.214. The van der Waals surface area contributed by atoms with E-state index in [0.29, 0.717) is 0 Å². The van der Waals surface area contributed by atoms with Crippen LogP contribution in [0.4, 0.5) is 0 Å². The van der Waals surface area contributed by atoms with Gasteiger partial charge >= 0.3 is 0 Å². The number of aromatic nitrogens is 3. The minimum Gasteiger partial charge on any atom is -0.382 e. The van der Waals surface area contributed by atoms with Crippen molar-refractivity contribution in [3.05, 3.63) is 47.5 Å². The molecule has 2 heterocycles. The Balaban J connectivity index is 2.26. The molecule has 0 amide bonds. The van der Waals surface area contributed by atoms with Gasteiger partial charge in [-0.25, -0.2) is 0 Å². The van der Waals surface area contributed by atoms with Crippen LogP contribution in [0, 0.1) is 0 Å². The van der Waals surface area contributed by atoms with Gasteiger partial charge in [0.15, 0.2) is 0 Å². The first-order valence-corrected chi connectivity index (χ1v) is 6.40. The molecule has 1 unspecified atom stereocenters. The van der Waals surface area contributed by atoms with Crippen LogP contribution < -0.4 is 0 Å². The van der Waals surface area contributed by atoms with E-state index < -0.39 is 6.10 Å². The molecule has 4 nitrogen and oxygen atoms in total.